The molecule has 0 bridgehead atoms. The van der Waals surface area contributed by atoms with Crippen molar-refractivity contribution in [3.63, 3.8) is 0 Å². The van der Waals surface area contributed by atoms with Gasteiger partial charge in [0.1, 0.15) is 17.2 Å². The average Bonchev–Trinajstić information content (AvgIpc) is 3.32. The predicted molar refractivity (Wildman–Crippen MR) is 161 cm³/mol. The summed E-state index contributed by atoms with van der Waals surface area (Å²) in [5, 5.41) is 0. The number of allylic oxidation sites excluding steroid dienone is 1. The van der Waals surface area contributed by atoms with Gasteiger partial charge in [-0.15, -0.1) is 0 Å². The van der Waals surface area contributed by atoms with Crippen molar-refractivity contribution < 1.29 is 23.7 Å². The molecule has 214 valence electrons. The van der Waals surface area contributed by atoms with Crippen LogP contribution in [0, 0.1) is 0 Å². The van der Waals surface area contributed by atoms with Crippen LogP contribution in [0.5, 0.6) is 17.2 Å². The molecule has 9 heteroatoms. The molecule has 1 unspecified atom stereocenters. The van der Waals surface area contributed by atoms with Gasteiger partial charge in [-0.05, 0) is 72.9 Å². The molecule has 0 saturated carbocycles. The highest BCUT2D eigenvalue weighted by molar-refractivity contribution is 7.07. The predicted octanol–water partition coefficient (Wildman–Crippen LogP) is 4.28. The van der Waals surface area contributed by atoms with Crippen LogP contribution < -0.4 is 29.1 Å². The molecule has 0 fully saturated rings. The Morgan fingerprint density at radius 1 is 1.02 bits per heavy atom. The van der Waals surface area contributed by atoms with E-state index in [4.69, 9.17) is 23.9 Å². The van der Waals surface area contributed by atoms with Gasteiger partial charge in [-0.25, -0.2) is 9.79 Å². The Hall–Kier alpha value is -4.63. The lowest BCUT2D eigenvalue weighted by Crippen LogP contribution is -2.39. The van der Waals surface area contributed by atoms with Gasteiger partial charge in [-0.1, -0.05) is 47.7 Å². The second-order valence-electron chi connectivity index (χ2n) is 9.89. The summed E-state index contributed by atoms with van der Waals surface area (Å²) in [7, 11) is 3.26. The van der Waals surface area contributed by atoms with E-state index in [1.807, 2.05) is 42.5 Å². The third-order valence-electron chi connectivity index (χ3n) is 7.42. The fourth-order valence-electron chi connectivity index (χ4n) is 5.54. The number of hydrogen-bond acceptors (Lipinski definition) is 8. The molecule has 0 saturated heterocycles. The zero-order chi connectivity index (χ0) is 29.2. The first kappa shape index (κ1) is 27.5. The topological polar surface area (TPSA) is 88.4 Å². The maximum atomic E-state index is 14.1. The monoisotopic (exact) mass is 582 g/mol. The summed E-state index contributed by atoms with van der Waals surface area (Å²) < 4.78 is 24.2. The van der Waals surface area contributed by atoms with Crippen molar-refractivity contribution in [3.05, 3.63) is 114 Å². The molecule has 0 amide bonds. The largest absolute Gasteiger partial charge is 0.497 e. The number of benzene rings is 3. The number of hydrogen-bond donors (Lipinski definition) is 0. The minimum atomic E-state index is -0.435. The van der Waals surface area contributed by atoms with Gasteiger partial charge >= 0.3 is 5.97 Å². The van der Waals surface area contributed by atoms with Crippen molar-refractivity contribution in [2.45, 2.75) is 25.8 Å². The molecule has 1 aliphatic carbocycles. The molecule has 1 aromatic heterocycles. The van der Waals surface area contributed by atoms with Crippen LogP contribution in [0.15, 0.2) is 82.1 Å². The highest BCUT2D eigenvalue weighted by atomic mass is 32.1. The van der Waals surface area contributed by atoms with Crippen LogP contribution in [0.3, 0.4) is 0 Å². The third-order valence-corrected chi connectivity index (χ3v) is 8.41. The molecule has 0 radical (unpaired) electrons. The smallest absolute Gasteiger partial charge is 0.344 e. The Balaban J connectivity index is 1.50. The lowest BCUT2D eigenvalue weighted by Gasteiger charge is -2.31. The number of ether oxygens (including phenoxy) is 4. The van der Waals surface area contributed by atoms with Gasteiger partial charge in [-0.2, -0.15) is 0 Å². The Labute approximate surface area is 246 Å². The number of fused-ring (bicyclic) bond motifs is 3. The zero-order valence-electron chi connectivity index (χ0n) is 23.6. The van der Waals surface area contributed by atoms with E-state index in [1.165, 1.54) is 16.9 Å². The van der Waals surface area contributed by atoms with E-state index >= 15 is 0 Å². The molecular formula is C33H30N2O6S. The summed E-state index contributed by atoms with van der Waals surface area (Å²) >= 11 is 1.35. The molecule has 6 rings (SSSR count). The van der Waals surface area contributed by atoms with Gasteiger partial charge < -0.3 is 18.9 Å². The molecule has 4 aromatic rings. The van der Waals surface area contributed by atoms with Crippen molar-refractivity contribution in [1.82, 2.24) is 4.57 Å². The average molecular weight is 583 g/mol. The van der Waals surface area contributed by atoms with Gasteiger partial charge in [0.25, 0.3) is 5.56 Å². The quantitative estimate of drug-likeness (QED) is 0.288. The van der Waals surface area contributed by atoms with E-state index in [9.17, 15) is 9.59 Å². The SMILES string of the molecule is CCOC(=O)COc1cccc(C=c2sc3n(c2=O)C(c2cc(OC)ccc2OC)C2=C(N=3)c3ccccc3CC2)c1. The van der Waals surface area contributed by atoms with Crippen molar-refractivity contribution in [2.75, 3.05) is 27.4 Å². The minimum absolute atomic E-state index is 0.142. The summed E-state index contributed by atoms with van der Waals surface area (Å²) in [6, 6.07) is 20.9. The van der Waals surface area contributed by atoms with Gasteiger partial charge in [0.2, 0.25) is 0 Å². The van der Waals surface area contributed by atoms with Crippen LogP contribution in [0.25, 0.3) is 11.8 Å². The fraction of sp³-hybridized carbons (Fsp3) is 0.242. The highest BCUT2D eigenvalue weighted by Gasteiger charge is 2.34. The lowest BCUT2D eigenvalue weighted by atomic mass is 9.83. The molecular weight excluding hydrogens is 552 g/mol. The van der Waals surface area contributed by atoms with Gasteiger partial charge in [0, 0.05) is 11.1 Å². The maximum Gasteiger partial charge on any atom is 0.344 e. The summed E-state index contributed by atoms with van der Waals surface area (Å²) in [6.07, 6.45) is 3.46. The van der Waals surface area contributed by atoms with Crippen LogP contribution in [0.2, 0.25) is 0 Å². The van der Waals surface area contributed by atoms with E-state index in [2.05, 4.69) is 18.2 Å². The molecule has 2 heterocycles. The summed E-state index contributed by atoms with van der Waals surface area (Å²) in [4.78, 5) is 31.6. The molecule has 1 atom stereocenters. The fourth-order valence-corrected chi connectivity index (χ4v) is 6.54. The molecule has 8 nitrogen and oxygen atoms in total. The maximum absolute atomic E-state index is 14.1. The van der Waals surface area contributed by atoms with Gasteiger partial charge in [0.15, 0.2) is 11.4 Å². The van der Waals surface area contributed by atoms with Crippen LogP contribution in [0.4, 0.5) is 0 Å². The first-order chi connectivity index (χ1) is 20.5. The minimum Gasteiger partial charge on any atom is -0.497 e. The van der Waals surface area contributed by atoms with Crippen molar-refractivity contribution in [2.24, 2.45) is 4.99 Å². The van der Waals surface area contributed by atoms with Crippen LogP contribution >= 0.6 is 11.3 Å². The van der Waals surface area contributed by atoms with Crippen LogP contribution in [0.1, 0.15) is 41.6 Å². The van der Waals surface area contributed by atoms with Crippen LogP contribution in [-0.4, -0.2) is 38.0 Å². The number of carbonyl (C=O) groups excluding carboxylic acids is 1. The number of aromatic nitrogens is 1. The molecule has 1 aliphatic heterocycles. The van der Waals surface area contributed by atoms with Crippen LogP contribution in [-0.2, 0) is 16.0 Å². The normalized spacial score (nSPS) is 15.7. The van der Waals surface area contributed by atoms with Crippen molar-refractivity contribution >= 4 is 29.1 Å². The Morgan fingerprint density at radius 2 is 1.88 bits per heavy atom. The molecule has 0 N–H and O–H groups in total. The molecule has 2 aliphatic rings. The third kappa shape index (κ3) is 5.12. The van der Waals surface area contributed by atoms with Gasteiger partial charge in [-0.3, -0.25) is 9.36 Å². The second kappa shape index (κ2) is 11.7. The zero-order valence-corrected chi connectivity index (χ0v) is 24.4. The number of carbonyl (C=O) groups is 1. The van der Waals surface area contributed by atoms with Gasteiger partial charge in [0.05, 0.1) is 37.1 Å². The number of rotatable bonds is 8. The Morgan fingerprint density at radius 3 is 2.69 bits per heavy atom. The molecule has 0 spiro atoms. The lowest BCUT2D eigenvalue weighted by molar-refractivity contribution is -0.145. The van der Waals surface area contributed by atoms with E-state index in [-0.39, 0.29) is 12.2 Å². The molecule has 42 heavy (non-hydrogen) atoms. The van der Waals surface area contributed by atoms with E-state index in [0.29, 0.717) is 33.2 Å². The van der Waals surface area contributed by atoms with E-state index < -0.39 is 12.0 Å². The number of aryl methyl sites for hydroxylation is 1. The van der Waals surface area contributed by atoms with E-state index in [0.717, 1.165) is 40.8 Å². The summed E-state index contributed by atoms with van der Waals surface area (Å²) in [6.45, 7) is 1.86. The summed E-state index contributed by atoms with van der Waals surface area (Å²) in [5.41, 5.74) is 5.80. The first-order valence-corrected chi connectivity index (χ1v) is 14.6. The molecule has 3 aromatic carbocycles. The van der Waals surface area contributed by atoms with Crippen molar-refractivity contribution in [1.29, 1.82) is 0 Å². The Bertz CT molecular complexity index is 1890. The first-order valence-electron chi connectivity index (χ1n) is 13.7. The summed E-state index contributed by atoms with van der Waals surface area (Å²) in [5.74, 6) is 1.43. The second-order valence-corrected chi connectivity index (χ2v) is 10.9. The highest BCUT2D eigenvalue weighted by Crippen LogP contribution is 2.44. The standard InChI is InChI=1S/C33H30N2O6S/c1-4-40-29(36)19-41-23-10-7-8-20(16-23)17-28-32(37)35-31(26-18-22(38-2)13-15-27(26)39-3)25-14-12-21-9-5-6-11-24(21)30(25)34-33(35)42-28/h5-11,13,15-18,31H,4,12,14,19H2,1-3H3. The number of nitrogens with zero attached hydrogens (tertiary/aromatic N) is 2. The van der Waals surface area contributed by atoms with E-state index in [1.54, 1.807) is 37.8 Å². The Kier molecular flexibility index (Phi) is 7.67. The number of esters is 1. The van der Waals surface area contributed by atoms with Crippen molar-refractivity contribution in [3.8, 4) is 17.2 Å². The number of methoxy groups -OCH3 is 2. The number of thiazole rings is 1.